The van der Waals surface area contributed by atoms with Crippen molar-refractivity contribution in [3.8, 4) is 0 Å². The summed E-state index contributed by atoms with van der Waals surface area (Å²) in [7, 11) is 0. The molecule has 8 heteroatoms. The van der Waals surface area contributed by atoms with Crippen LogP contribution < -0.4 is 5.32 Å². The lowest BCUT2D eigenvalue weighted by Crippen LogP contribution is -2.12. The number of carbonyl (C=O) groups excluding carboxylic acids is 1. The quantitative estimate of drug-likeness (QED) is 0.612. The highest BCUT2D eigenvalue weighted by molar-refractivity contribution is 9.10. The fourth-order valence-corrected chi connectivity index (χ4v) is 3.36. The molecule has 4 nitrogen and oxygen atoms in total. The van der Waals surface area contributed by atoms with Gasteiger partial charge in [-0.3, -0.25) is 10.1 Å². The van der Waals surface area contributed by atoms with Crippen molar-refractivity contribution in [3.63, 3.8) is 0 Å². The number of anilines is 1. The SMILES string of the molecule is O=C(Nc1nc2ccc(Cl)cc2s1)c1cc(Br)cnc1Cl. The number of hydrogen-bond donors (Lipinski definition) is 1. The van der Waals surface area contributed by atoms with Gasteiger partial charge in [0.05, 0.1) is 15.8 Å². The first-order valence-corrected chi connectivity index (χ1v) is 8.08. The van der Waals surface area contributed by atoms with Crippen LogP contribution in [0.1, 0.15) is 10.4 Å². The van der Waals surface area contributed by atoms with Gasteiger partial charge in [0.25, 0.3) is 5.91 Å². The summed E-state index contributed by atoms with van der Waals surface area (Å²) in [6, 6.07) is 6.97. The number of fused-ring (bicyclic) bond motifs is 1. The number of thiazole rings is 1. The van der Waals surface area contributed by atoms with Gasteiger partial charge in [-0.25, -0.2) is 9.97 Å². The number of halogens is 3. The Bertz CT molecular complexity index is 853. The molecule has 0 aliphatic rings. The molecule has 0 atom stereocenters. The van der Waals surface area contributed by atoms with E-state index in [1.807, 2.05) is 0 Å². The molecule has 3 aromatic rings. The van der Waals surface area contributed by atoms with Crippen LogP contribution in [0, 0.1) is 0 Å². The molecule has 0 radical (unpaired) electrons. The van der Waals surface area contributed by atoms with E-state index in [0.717, 1.165) is 10.2 Å². The van der Waals surface area contributed by atoms with Gasteiger partial charge in [0.1, 0.15) is 5.15 Å². The maximum Gasteiger partial charge on any atom is 0.260 e. The molecule has 2 aromatic heterocycles. The van der Waals surface area contributed by atoms with Crippen LogP contribution in [0.2, 0.25) is 10.2 Å². The third-order valence-electron chi connectivity index (χ3n) is 2.62. The lowest BCUT2D eigenvalue weighted by molar-refractivity contribution is 0.102. The lowest BCUT2D eigenvalue weighted by atomic mass is 10.3. The Balaban J connectivity index is 1.90. The number of pyridine rings is 1. The van der Waals surface area contributed by atoms with Crippen molar-refractivity contribution in [2.75, 3.05) is 5.32 Å². The standard InChI is InChI=1S/C13H6BrCl2N3OS/c14-6-3-8(11(16)17-5-6)12(20)19-13-18-9-2-1-7(15)4-10(9)21-13/h1-5H,(H,18,19,20). The number of hydrogen-bond acceptors (Lipinski definition) is 4. The molecule has 106 valence electrons. The van der Waals surface area contributed by atoms with Gasteiger partial charge in [-0.1, -0.05) is 34.5 Å². The van der Waals surface area contributed by atoms with Crippen LogP contribution in [0.25, 0.3) is 10.2 Å². The molecular weight excluding hydrogens is 397 g/mol. The monoisotopic (exact) mass is 401 g/mol. The third-order valence-corrected chi connectivity index (χ3v) is 4.52. The summed E-state index contributed by atoms with van der Waals surface area (Å²) in [6.07, 6.45) is 1.53. The van der Waals surface area contributed by atoms with Gasteiger partial charge in [0, 0.05) is 15.7 Å². The normalized spacial score (nSPS) is 10.8. The van der Waals surface area contributed by atoms with E-state index < -0.39 is 0 Å². The molecule has 1 amide bonds. The van der Waals surface area contributed by atoms with Gasteiger partial charge < -0.3 is 0 Å². The third kappa shape index (κ3) is 3.18. The Kier molecular flexibility index (Phi) is 4.12. The van der Waals surface area contributed by atoms with Gasteiger partial charge in [0.2, 0.25) is 0 Å². The molecule has 0 aliphatic heterocycles. The predicted molar refractivity (Wildman–Crippen MR) is 89.5 cm³/mol. The number of nitrogens with one attached hydrogen (secondary N) is 1. The molecule has 0 saturated carbocycles. The predicted octanol–water partition coefficient (Wildman–Crippen LogP) is 5.01. The van der Waals surface area contributed by atoms with E-state index in [1.54, 1.807) is 24.3 Å². The lowest BCUT2D eigenvalue weighted by Gasteiger charge is -2.03. The van der Waals surface area contributed by atoms with Gasteiger partial charge >= 0.3 is 0 Å². The summed E-state index contributed by atoms with van der Waals surface area (Å²) in [6.45, 7) is 0. The van der Waals surface area contributed by atoms with Crippen molar-refractivity contribution >= 4 is 71.7 Å². The summed E-state index contributed by atoms with van der Waals surface area (Å²) in [5, 5.41) is 3.96. The Morgan fingerprint density at radius 1 is 1.29 bits per heavy atom. The van der Waals surface area contributed by atoms with E-state index >= 15 is 0 Å². The topological polar surface area (TPSA) is 54.9 Å². The van der Waals surface area contributed by atoms with E-state index in [9.17, 15) is 4.79 Å². The number of amides is 1. The summed E-state index contributed by atoms with van der Waals surface area (Å²) in [5.41, 5.74) is 1.06. The van der Waals surface area contributed by atoms with E-state index in [-0.39, 0.29) is 16.6 Å². The zero-order valence-corrected chi connectivity index (χ0v) is 14.1. The van der Waals surface area contributed by atoms with Crippen molar-refractivity contribution in [2.24, 2.45) is 0 Å². The summed E-state index contributed by atoms with van der Waals surface area (Å²) < 4.78 is 1.57. The van der Waals surface area contributed by atoms with Crippen LogP contribution in [0.4, 0.5) is 5.13 Å². The molecule has 2 heterocycles. The minimum atomic E-state index is -0.362. The molecule has 21 heavy (non-hydrogen) atoms. The first kappa shape index (κ1) is 14.7. The molecule has 1 N–H and O–H groups in total. The summed E-state index contributed by atoms with van der Waals surface area (Å²) in [5.74, 6) is -0.362. The molecule has 0 aliphatic carbocycles. The molecular formula is C13H6BrCl2N3OS. The second-order valence-electron chi connectivity index (χ2n) is 4.08. The minimum absolute atomic E-state index is 0.139. The minimum Gasteiger partial charge on any atom is -0.298 e. The second kappa shape index (κ2) is 5.88. The van der Waals surface area contributed by atoms with Crippen LogP contribution in [0.5, 0.6) is 0 Å². The highest BCUT2D eigenvalue weighted by atomic mass is 79.9. The van der Waals surface area contributed by atoms with Gasteiger partial charge in [0.15, 0.2) is 5.13 Å². The smallest absolute Gasteiger partial charge is 0.260 e. The van der Waals surface area contributed by atoms with Crippen molar-refractivity contribution in [2.45, 2.75) is 0 Å². The van der Waals surface area contributed by atoms with Crippen LogP contribution in [0.3, 0.4) is 0 Å². The number of carbonyl (C=O) groups is 1. The Morgan fingerprint density at radius 2 is 2.10 bits per heavy atom. The molecule has 0 fully saturated rings. The number of rotatable bonds is 2. The van der Waals surface area contributed by atoms with Crippen LogP contribution >= 0.6 is 50.5 Å². The highest BCUT2D eigenvalue weighted by Crippen LogP contribution is 2.29. The van der Waals surface area contributed by atoms with Gasteiger partial charge in [-0.2, -0.15) is 0 Å². The summed E-state index contributed by atoms with van der Waals surface area (Å²) >= 11 is 16.5. The van der Waals surface area contributed by atoms with Crippen LogP contribution in [0.15, 0.2) is 34.9 Å². The van der Waals surface area contributed by atoms with Gasteiger partial charge in [-0.05, 0) is 40.2 Å². The van der Waals surface area contributed by atoms with Gasteiger partial charge in [-0.15, -0.1) is 0 Å². The van der Waals surface area contributed by atoms with E-state index in [1.165, 1.54) is 17.5 Å². The zero-order chi connectivity index (χ0) is 15.0. The van der Waals surface area contributed by atoms with Crippen molar-refractivity contribution in [1.82, 2.24) is 9.97 Å². The average molecular weight is 403 g/mol. The van der Waals surface area contributed by atoms with E-state index in [4.69, 9.17) is 23.2 Å². The Labute approximate surface area is 142 Å². The Morgan fingerprint density at radius 3 is 2.90 bits per heavy atom. The van der Waals surface area contributed by atoms with Crippen LogP contribution in [-0.4, -0.2) is 15.9 Å². The van der Waals surface area contributed by atoms with E-state index in [0.29, 0.717) is 14.6 Å². The highest BCUT2D eigenvalue weighted by Gasteiger charge is 2.14. The maximum absolute atomic E-state index is 12.2. The number of aromatic nitrogens is 2. The largest absolute Gasteiger partial charge is 0.298 e. The number of nitrogens with zero attached hydrogens (tertiary/aromatic N) is 2. The molecule has 0 saturated heterocycles. The summed E-state index contributed by atoms with van der Waals surface area (Å²) in [4.78, 5) is 20.5. The molecule has 0 spiro atoms. The second-order valence-corrected chi connectivity index (χ2v) is 6.82. The maximum atomic E-state index is 12.2. The molecule has 0 bridgehead atoms. The fourth-order valence-electron chi connectivity index (χ4n) is 1.70. The zero-order valence-electron chi connectivity index (χ0n) is 10.2. The number of benzene rings is 1. The first-order valence-electron chi connectivity index (χ1n) is 5.71. The molecule has 3 rings (SSSR count). The van der Waals surface area contributed by atoms with Crippen LogP contribution in [-0.2, 0) is 0 Å². The molecule has 0 unspecified atom stereocenters. The van der Waals surface area contributed by atoms with Crippen molar-refractivity contribution in [1.29, 1.82) is 0 Å². The molecule has 1 aromatic carbocycles. The fraction of sp³-hybridized carbons (Fsp3) is 0. The van der Waals surface area contributed by atoms with Crippen molar-refractivity contribution < 1.29 is 4.79 Å². The Hall–Kier alpha value is -1.21. The first-order chi connectivity index (χ1) is 10.0. The van der Waals surface area contributed by atoms with Crippen molar-refractivity contribution in [3.05, 3.63) is 50.7 Å². The average Bonchev–Trinajstić information content (AvgIpc) is 2.82. The van der Waals surface area contributed by atoms with E-state index in [2.05, 4.69) is 31.2 Å².